The summed E-state index contributed by atoms with van der Waals surface area (Å²) in [6.45, 7) is 6.11. The molecule has 3 amide bonds. The van der Waals surface area contributed by atoms with Gasteiger partial charge in [0.15, 0.2) is 0 Å². The summed E-state index contributed by atoms with van der Waals surface area (Å²) >= 11 is 6.24. The number of amides is 3. The Labute approximate surface area is 242 Å². The fourth-order valence-electron chi connectivity index (χ4n) is 6.19. The predicted octanol–water partition coefficient (Wildman–Crippen LogP) is 4.37. The van der Waals surface area contributed by atoms with Crippen LogP contribution in [0.5, 0.6) is 5.75 Å². The van der Waals surface area contributed by atoms with E-state index in [4.69, 9.17) is 22.1 Å². The number of aromatic nitrogens is 1. The fraction of sp³-hybridized carbons (Fsp3) is 0.333. The maximum atomic E-state index is 15.8. The quantitative estimate of drug-likeness (QED) is 0.342. The molecule has 9 nitrogen and oxygen atoms in total. The van der Waals surface area contributed by atoms with E-state index in [9.17, 15) is 14.4 Å². The van der Waals surface area contributed by atoms with Gasteiger partial charge in [0.1, 0.15) is 22.8 Å². The van der Waals surface area contributed by atoms with Crippen LogP contribution in [0.15, 0.2) is 54.7 Å². The lowest BCUT2D eigenvalue weighted by Gasteiger charge is -2.37. The van der Waals surface area contributed by atoms with Gasteiger partial charge in [0.2, 0.25) is 11.8 Å². The minimum absolute atomic E-state index is 0.118. The van der Waals surface area contributed by atoms with Crippen LogP contribution >= 0.6 is 11.6 Å². The van der Waals surface area contributed by atoms with E-state index in [1.807, 2.05) is 20.8 Å². The van der Waals surface area contributed by atoms with E-state index in [2.05, 4.69) is 20.9 Å². The summed E-state index contributed by atoms with van der Waals surface area (Å²) in [5, 5.41) is 9.03. The number of methoxy groups -OCH3 is 1. The Hall–Kier alpha value is -4.02. The molecule has 4 atom stereocenters. The number of halogens is 2. The summed E-state index contributed by atoms with van der Waals surface area (Å²) in [7, 11) is 1.38. The number of nitrogens with two attached hydrogens (primary N) is 1. The van der Waals surface area contributed by atoms with Crippen molar-refractivity contribution < 1.29 is 23.5 Å². The molecule has 5 N–H and O–H groups in total. The number of primary amides is 1. The number of rotatable bonds is 6. The Balaban J connectivity index is 1.68. The van der Waals surface area contributed by atoms with Crippen molar-refractivity contribution in [1.82, 2.24) is 10.3 Å². The fourth-order valence-corrected chi connectivity index (χ4v) is 6.37. The molecule has 2 aliphatic rings. The molecule has 214 valence electrons. The van der Waals surface area contributed by atoms with Crippen molar-refractivity contribution in [3.05, 3.63) is 82.3 Å². The first-order valence-electron chi connectivity index (χ1n) is 13.1. The third-order valence-corrected chi connectivity index (χ3v) is 8.06. The molecule has 0 radical (unpaired) electrons. The van der Waals surface area contributed by atoms with Crippen molar-refractivity contribution in [3.63, 3.8) is 0 Å². The van der Waals surface area contributed by atoms with Gasteiger partial charge in [0.05, 0.1) is 23.7 Å². The zero-order valence-corrected chi connectivity index (χ0v) is 23.8. The number of hydrogen-bond donors (Lipinski definition) is 4. The number of hydrogen-bond acceptors (Lipinski definition) is 6. The van der Waals surface area contributed by atoms with Crippen molar-refractivity contribution >= 4 is 40.8 Å². The summed E-state index contributed by atoms with van der Waals surface area (Å²) < 4.78 is 21.1. The molecular formula is C30H31ClFN5O4. The van der Waals surface area contributed by atoms with Crippen LogP contribution in [0.1, 0.15) is 54.6 Å². The highest BCUT2D eigenvalue weighted by molar-refractivity contribution is 6.30. The van der Waals surface area contributed by atoms with Crippen LogP contribution in [0.3, 0.4) is 0 Å². The van der Waals surface area contributed by atoms with Gasteiger partial charge in [-0.25, -0.2) is 9.37 Å². The first-order valence-corrected chi connectivity index (χ1v) is 13.5. The molecule has 41 heavy (non-hydrogen) atoms. The van der Waals surface area contributed by atoms with E-state index in [0.29, 0.717) is 23.5 Å². The minimum Gasteiger partial charge on any atom is -0.496 e. The van der Waals surface area contributed by atoms with E-state index in [0.717, 1.165) is 0 Å². The SMILES string of the molecule is COc1cc(NC(=O)[C@@H]2N[C@@H](CC(C)(C)C)[C@@]3(C(=O)Nc4ncccc43)[C@H]2c2cccc(Cl)c2F)ccc1C(N)=O. The number of nitrogens with zero attached hydrogens (tertiary/aromatic N) is 1. The maximum absolute atomic E-state index is 15.8. The van der Waals surface area contributed by atoms with Crippen LogP contribution in [-0.2, 0) is 15.0 Å². The molecule has 5 rings (SSSR count). The van der Waals surface area contributed by atoms with Gasteiger partial charge in [-0.2, -0.15) is 0 Å². The van der Waals surface area contributed by atoms with Gasteiger partial charge in [-0.3, -0.25) is 14.4 Å². The summed E-state index contributed by atoms with van der Waals surface area (Å²) in [6.07, 6.45) is 2.06. The van der Waals surface area contributed by atoms with Crippen LogP contribution < -0.4 is 26.4 Å². The van der Waals surface area contributed by atoms with Crippen molar-refractivity contribution in [3.8, 4) is 5.75 Å². The average molecular weight is 580 g/mol. The number of carbonyl (C=O) groups excluding carboxylic acids is 3. The molecule has 0 bridgehead atoms. The number of nitrogens with one attached hydrogen (secondary N) is 3. The van der Waals surface area contributed by atoms with Crippen LogP contribution in [0, 0.1) is 11.2 Å². The number of fused-ring (bicyclic) bond motifs is 2. The average Bonchev–Trinajstić information content (AvgIpc) is 3.39. The lowest BCUT2D eigenvalue weighted by Crippen LogP contribution is -2.49. The van der Waals surface area contributed by atoms with Gasteiger partial charge in [-0.1, -0.05) is 50.6 Å². The highest BCUT2D eigenvalue weighted by atomic mass is 35.5. The molecule has 0 unspecified atom stereocenters. The van der Waals surface area contributed by atoms with E-state index < -0.39 is 41.0 Å². The number of benzene rings is 2. The van der Waals surface area contributed by atoms with Crippen molar-refractivity contribution in [2.45, 2.75) is 50.6 Å². The Bertz CT molecular complexity index is 1560. The number of carbonyl (C=O) groups is 3. The molecule has 3 aromatic rings. The highest BCUT2D eigenvalue weighted by Gasteiger charge is 2.66. The monoisotopic (exact) mass is 579 g/mol. The largest absolute Gasteiger partial charge is 0.496 e. The zero-order valence-electron chi connectivity index (χ0n) is 23.0. The molecular weight excluding hydrogens is 549 g/mol. The second kappa shape index (κ2) is 10.4. The third-order valence-electron chi connectivity index (χ3n) is 7.77. The molecule has 1 saturated heterocycles. The molecule has 1 aromatic heterocycles. The molecule has 3 heterocycles. The lowest BCUT2D eigenvalue weighted by atomic mass is 9.62. The first-order chi connectivity index (χ1) is 19.4. The molecule has 0 saturated carbocycles. The normalized spacial score (nSPS) is 23.3. The number of pyridine rings is 1. The summed E-state index contributed by atoms with van der Waals surface area (Å²) in [6, 6.07) is 10.9. The van der Waals surface area contributed by atoms with E-state index >= 15 is 4.39 Å². The molecule has 2 aromatic carbocycles. The summed E-state index contributed by atoms with van der Waals surface area (Å²) in [5.41, 5.74) is 4.98. The lowest BCUT2D eigenvalue weighted by molar-refractivity contribution is -0.122. The molecule has 11 heteroatoms. The predicted molar refractivity (Wildman–Crippen MR) is 154 cm³/mol. The molecule has 1 spiro atoms. The third kappa shape index (κ3) is 4.81. The topological polar surface area (TPSA) is 135 Å². The first kappa shape index (κ1) is 28.5. The van der Waals surface area contributed by atoms with Gasteiger partial charge < -0.3 is 26.4 Å². The van der Waals surface area contributed by atoms with E-state index in [-0.39, 0.29) is 33.2 Å². The smallest absolute Gasteiger partial charge is 0.252 e. The second-order valence-electron chi connectivity index (χ2n) is 11.6. The van der Waals surface area contributed by atoms with Gasteiger partial charge in [0.25, 0.3) is 5.91 Å². The van der Waals surface area contributed by atoms with Crippen LogP contribution in [0.2, 0.25) is 5.02 Å². The highest BCUT2D eigenvalue weighted by Crippen LogP contribution is 2.56. The Morgan fingerprint density at radius 2 is 1.95 bits per heavy atom. The number of ether oxygens (including phenoxy) is 1. The standard InChI is InChI=1S/C30H31ClFN5O4/c1-29(2,3)14-21-30(18-8-6-12-34-26(18)37-28(30)40)22(17-7-5-9-19(31)23(17)32)24(36-21)27(39)35-15-10-11-16(25(33)38)20(13-15)41-4/h5-13,21-22,24,36H,14H2,1-4H3,(H2,33,38)(H,35,39)(H,34,37,40)/t21-,22-,24+,30+/m0/s1. The van der Waals surface area contributed by atoms with Crippen molar-refractivity contribution in [1.29, 1.82) is 0 Å². The summed E-state index contributed by atoms with van der Waals surface area (Å²) in [4.78, 5) is 44.3. The Morgan fingerprint density at radius 1 is 1.20 bits per heavy atom. The minimum atomic E-state index is -1.38. The van der Waals surface area contributed by atoms with Gasteiger partial charge in [-0.05, 0) is 41.7 Å². The van der Waals surface area contributed by atoms with Gasteiger partial charge in [0, 0.05) is 35.5 Å². The number of anilines is 2. The van der Waals surface area contributed by atoms with Crippen LogP contribution in [0.25, 0.3) is 0 Å². The molecule has 0 aliphatic carbocycles. The van der Waals surface area contributed by atoms with Gasteiger partial charge >= 0.3 is 0 Å². The molecule has 1 fully saturated rings. The van der Waals surface area contributed by atoms with Crippen molar-refractivity contribution in [2.24, 2.45) is 11.1 Å². The van der Waals surface area contributed by atoms with E-state index in [1.54, 1.807) is 30.5 Å². The van der Waals surface area contributed by atoms with Crippen LogP contribution in [-0.4, -0.2) is 41.9 Å². The summed E-state index contributed by atoms with van der Waals surface area (Å²) in [5.74, 6) is -2.70. The Kier molecular flexibility index (Phi) is 7.25. The van der Waals surface area contributed by atoms with Gasteiger partial charge in [-0.15, -0.1) is 0 Å². The zero-order chi connectivity index (χ0) is 29.7. The maximum Gasteiger partial charge on any atom is 0.252 e. The van der Waals surface area contributed by atoms with Crippen LogP contribution in [0.4, 0.5) is 15.9 Å². The van der Waals surface area contributed by atoms with E-state index in [1.165, 1.54) is 31.4 Å². The second-order valence-corrected chi connectivity index (χ2v) is 12.0. The molecule has 2 aliphatic heterocycles. The Morgan fingerprint density at radius 3 is 2.63 bits per heavy atom. The van der Waals surface area contributed by atoms with Crippen molar-refractivity contribution in [2.75, 3.05) is 17.7 Å².